The number of hydrogen-bond donors (Lipinski definition) is 3. The molecule has 38 heavy (non-hydrogen) atoms. The monoisotopic (exact) mass is 530 g/mol. The predicted molar refractivity (Wildman–Crippen MR) is 149 cm³/mol. The van der Waals surface area contributed by atoms with Crippen LogP contribution in [0.5, 0.6) is 11.5 Å². The van der Waals surface area contributed by atoms with E-state index < -0.39 is 17.7 Å². The third-order valence-electron chi connectivity index (χ3n) is 7.13. The van der Waals surface area contributed by atoms with Crippen LogP contribution in [-0.4, -0.2) is 64.2 Å². The molecule has 0 fully saturated rings. The van der Waals surface area contributed by atoms with Crippen LogP contribution in [0.25, 0.3) is 0 Å². The summed E-state index contributed by atoms with van der Waals surface area (Å²) in [6.07, 6.45) is 1.27. The highest BCUT2D eigenvalue weighted by Gasteiger charge is 2.35. The van der Waals surface area contributed by atoms with Gasteiger partial charge >= 0.3 is 0 Å². The summed E-state index contributed by atoms with van der Waals surface area (Å²) in [5.74, 6) is 1.63. The fourth-order valence-corrected chi connectivity index (χ4v) is 4.36. The van der Waals surface area contributed by atoms with Crippen molar-refractivity contribution >= 4 is 5.91 Å². The zero-order chi connectivity index (χ0) is 28.1. The van der Waals surface area contributed by atoms with Gasteiger partial charge in [-0.05, 0) is 54.9 Å². The smallest absolute Gasteiger partial charge is 0.256 e. The summed E-state index contributed by atoms with van der Waals surface area (Å²) < 4.78 is 22.0. The van der Waals surface area contributed by atoms with E-state index in [4.69, 9.17) is 24.7 Å². The van der Waals surface area contributed by atoms with Crippen molar-refractivity contribution in [1.82, 2.24) is 5.32 Å². The Morgan fingerprint density at radius 3 is 2.37 bits per heavy atom. The van der Waals surface area contributed by atoms with E-state index in [1.54, 1.807) is 21.1 Å². The first-order chi connectivity index (χ1) is 18.2. The topological polar surface area (TPSA) is 112 Å². The van der Waals surface area contributed by atoms with Gasteiger partial charge in [0, 0.05) is 39.8 Å². The van der Waals surface area contributed by atoms with Crippen molar-refractivity contribution in [3.8, 4) is 11.5 Å². The third kappa shape index (κ3) is 8.98. The summed E-state index contributed by atoms with van der Waals surface area (Å²) >= 11 is 0. The fourth-order valence-electron chi connectivity index (χ4n) is 4.36. The van der Waals surface area contributed by atoms with Crippen LogP contribution >= 0.6 is 0 Å². The number of methoxy groups -OCH3 is 3. The summed E-state index contributed by atoms with van der Waals surface area (Å²) in [4.78, 5) is 13.0. The molecule has 0 aliphatic rings. The number of amides is 1. The van der Waals surface area contributed by atoms with Crippen LogP contribution in [0.1, 0.15) is 44.7 Å². The van der Waals surface area contributed by atoms with Gasteiger partial charge in [0.05, 0.1) is 19.8 Å². The number of nitrogens with one attached hydrogen (secondary N) is 1. The van der Waals surface area contributed by atoms with E-state index in [2.05, 4.69) is 19.2 Å². The average Bonchev–Trinajstić information content (AvgIpc) is 2.93. The van der Waals surface area contributed by atoms with Gasteiger partial charge in [-0.1, -0.05) is 50.2 Å². The molecular weight excluding hydrogens is 484 g/mol. The van der Waals surface area contributed by atoms with Gasteiger partial charge in [0.2, 0.25) is 0 Å². The van der Waals surface area contributed by atoms with Crippen molar-refractivity contribution in [2.75, 3.05) is 41.1 Å². The highest BCUT2D eigenvalue weighted by molar-refractivity contribution is 5.86. The molecule has 0 saturated heterocycles. The minimum Gasteiger partial charge on any atom is -0.493 e. The molecule has 2 aromatic rings. The number of benzene rings is 2. The summed E-state index contributed by atoms with van der Waals surface area (Å²) in [5, 5.41) is 13.6. The number of aliphatic hydroxyl groups is 1. The zero-order valence-corrected chi connectivity index (χ0v) is 23.7. The van der Waals surface area contributed by atoms with Gasteiger partial charge < -0.3 is 35.1 Å². The van der Waals surface area contributed by atoms with Crippen LogP contribution in [-0.2, 0) is 26.3 Å². The van der Waals surface area contributed by atoms with E-state index in [1.807, 2.05) is 48.5 Å². The summed E-state index contributed by atoms with van der Waals surface area (Å²) in [5.41, 5.74) is 7.11. The maximum absolute atomic E-state index is 13.0. The van der Waals surface area contributed by atoms with E-state index in [1.165, 1.54) is 7.11 Å². The molecule has 2 aromatic carbocycles. The second kappa shape index (κ2) is 15.7. The second-order valence-electron chi connectivity index (χ2n) is 10.2. The molecule has 3 unspecified atom stereocenters. The highest BCUT2D eigenvalue weighted by atomic mass is 16.5. The molecule has 4 N–H and O–H groups in total. The number of carbonyl (C=O) groups is 1. The van der Waals surface area contributed by atoms with Gasteiger partial charge in [0.25, 0.3) is 5.91 Å². The van der Waals surface area contributed by atoms with Crippen LogP contribution in [0, 0.1) is 11.8 Å². The Kier molecular flexibility index (Phi) is 13.0. The predicted octanol–water partition coefficient (Wildman–Crippen LogP) is 3.68. The van der Waals surface area contributed by atoms with Crippen molar-refractivity contribution in [2.45, 2.75) is 57.8 Å². The molecule has 0 aromatic heterocycles. The molecule has 0 spiro atoms. The number of hydrogen-bond acceptors (Lipinski definition) is 7. The van der Waals surface area contributed by atoms with E-state index >= 15 is 0 Å². The molecule has 8 nitrogen and oxygen atoms in total. The number of carbonyl (C=O) groups excluding carboxylic acids is 1. The molecule has 1 amide bonds. The minimum atomic E-state index is -1.16. The summed E-state index contributed by atoms with van der Waals surface area (Å²) in [6, 6.07) is 14.7. The number of aliphatic hydroxyl groups excluding tert-OH is 1. The van der Waals surface area contributed by atoms with Crippen molar-refractivity contribution < 1.29 is 28.8 Å². The largest absolute Gasteiger partial charge is 0.493 e. The first-order valence-corrected chi connectivity index (χ1v) is 13.3. The first kappa shape index (κ1) is 31.6. The molecular formula is C30H46N2O6. The normalized spacial score (nSPS) is 15.4. The Balaban J connectivity index is 1.99. The Labute approximate surface area is 227 Å². The Morgan fingerprint density at radius 1 is 1.05 bits per heavy atom. The molecule has 0 heterocycles. The van der Waals surface area contributed by atoms with Crippen molar-refractivity contribution in [3.63, 3.8) is 0 Å². The lowest BCUT2D eigenvalue weighted by atomic mass is 9.83. The summed E-state index contributed by atoms with van der Waals surface area (Å²) in [7, 11) is 4.80. The van der Waals surface area contributed by atoms with Gasteiger partial charge in [0.1, 0.15) is 0 Å². The van der Waals surface area contributed by atoms with Gasteiger partial charge in [-0.2, -0.15) is 0 Å². The molecule has 0 bridgehead atoms. The molecule has 0 aliphatic carbocycles. The maximum Gasteiger partial charge on any atom is 0.256 e. The number of ether oxygens (including phenoxy) is 4. The Hall–Kier alpha value is -2.65. The van der Waals surface area contributed by atoms with Gasteiger partial charge in [-0.25, -0.2) is 0 Å². The highest BCUT2D eigenvalue weighted by Crippen LogP contribution is 2.31. The van der Waals surface area contributed by atoms with E-state index in [-0.39, 0.29) is 18.4 Å². The Morgan fingerprint density at radius 2 is 1.76 bits per heavy atom. The lowest BCUT2D eigenvalue weighted by molar-refractivity contribution is -0.143. The lowest BCUT2D eigenvalue weighted by Gasteiger charge is -2.30. The van der Waals surface area contributed by atoms with Crippen LogP contribution in [0.4, 0.5) is 0 Å². The van der Waals surface area contributed by atoms with E-state index in [0.29, 0.717) is 37.1 Å². The molecule has 212 valence electrons. The molecule has 4 atom stereocenters. The zero-order valence-electron chi connectivity index (χ0n) is 23.7. The van der Waals surface area contributed by atoms with Gasteiger partial charge in [0.15, 0.2) is 17.1 Å². The van der Waals surface area contributed by atoms with Gasteiger partial charge in [-0.3, -0.25) is 4.79 Å². The quantitative estimate of drug-likeness (QED) is 0.268. The van der Waals surface area contributed by atoms with Crippen molar-refractivity contribution in [3.05, 3.63) is 59.7 Å². The van der Waals surface area contributed by atoms with Crippen molar-refractivity contribution in [1.29, 1.82) is 0 Å². The SMILES string of the molecule is COCCCOc1cc(CC(CC(N)C(O)CNC(=O)[C@](C)(OC)c2ccccc2)C(C)C)ccc1OC. The number of rotatable bonds is 17. The van der Waals surface area contributed by atoms with E-state index in [0.717, 1.165) is 24.0 Å². The third-order valence-corrected chi connectivity index (χ3v) is 7.13. The fraction of sp³-hybridized carbons (Fsp3) is 0.567. The maximum atomic E-state index is 13.0. The van der Waals surface area contributed by atoms with Crippen LogP contribution in [0.3, 0.4) is 0 Å². The Bertz CT molecular complexity index is 970. The average molecular weight is 531 g/mol. The van der Waals surface area contributed by atoms with Crippen LogP contribution in [0.2, 0.25) is 0 Å². The molecule has 0 saturated carbocycles. The van der Waals surface area contributed by atoms with Crippen LogP contribution < -0.4 is 20.5 Å². The lowest BCUT2D eigenvalue weighted by Crippen LogP contribution is -2.50. The molecule has 0 radical (unpaired) electrons. The second-order valence-corrected chi connectivity index (χ2v) is 10.2. The number of nitrogens with two attached hydrogens (primary N) is 1. The molecule has 8 heteroatoms. The van der Waals surface area contributed by atoms with E-state index in [9.17, 15) is 9.90 Å². The molecule has 2 rings (SSSR count). The minimum absolute atomic E-state index is 0.0403. The van der Waals surface area contributed by atoms with Crippen molar-refractivity contribution in [2.24, 2.45) is 17.6 Å². The first-order valence-electron chi connectivity index (χ1n) is 13.3. The standard InChI is InChI=1S/C30H46N2O6/c1-21(2)23(17-22-13-14-27(36-5)28(18-22)38-16-10-15-35-4)19-25(31)26(33)20-32-29(34)30(3,37-6)24-11-8-7-9-12-24/h7-9,11-14,18,21,23,25-26,33H,10,15-17,19-20,31H2,1-6H3,(H,32,34)/t23?,25?,26?,30-/m1/s1. The van der Waals surface area contributed by atoms with Crippen LogP contribution in [0.15, 0.2) is 48.5 Å². The summed E-state index contributed by atoms with van der Waals surface area (Å²) in [6.45, 7) is 7.23. The van der Waals surface area contributed by atoms with Gasteiger partial charge in [-0.15, -0.1) is 0 Å². The molecule has 0 aliphatic heterocycles.